The zero-order chi connectivity index (χ0) is 28.6. The smallest absolute Gasteiger partial charge is 0.294 e. The molecule has 4 heterocycles. The second-order valence-electron chi connectivity index (χ2n) is 11.1. The summed E-state index contributed by atoms with van der Waals surface area (Å²) in [4.78, 5) is 35.5. The first kappa shape index (κ1) is 26.7. The number of aryl methyl sites for hydroxylation is 2. The SMILES string of the molecule is Cc1cc(C)nc(N2CCC(O)(c3ccc(NC(=O)C(=O)C4C(c5ccccc5)C=C5C=CC=CN54)cc3)CC2)c1. The number of nitrogens with one attached hydrogen (secondary N) is 1. The van der Waals surface area contributed by atoms with Gasteiger partial charge in [-0.15, -0.1) is 0 Å². The van der Waals surface area contributed by atoms with E-state index in [9.17, 15) is 14.7 Å². The standard InChI is InChI=1S/C34H34N4O3/c1-23-20-24(2)35-30(21-23)37-18-15-34(41,16-19-37)26-11-13-27(14-12-26)36-33(40)32(39)31-29(25-8-4-3-5-9-25)22-28-10-6-7-17-38(28)31/h3-14,17,20-22,29,31,41H,15-16,18-19H2,1-2H3,(H,36,40). The number of pyridine rings is 1. The Labute approximate surface area is 240 Å². The van der Waals surface area contributed by atoms with Crippen LogP contribution in [0.4, 0.5) is 11.5 Å². The molecular weight excluding hydrogens is 512 g/mol. The van der Waals surface area contributed by atoms with Crippen LogP contribution in [0.3, 0.4) is 0 Å². The van der Waals surface area contributed by atoms with Gasteiger partial charge in [0.1, 0.15) is 11.9 Å². The maximum Gasteiger partial charge on any atom is 0.294 e. The number of carbonyl (C=O) groups is 2. The molecule has 2 N–H and O–H groups in total. The zero-order valence-corrected chi connectivity index (χ0v) is 23.3. The Bertz CT molecular complexity index is 1530. The van der Waals surface area contributed by atoms with Gasteiger partial charge in [0.2, 0.25) is 5.78 Å². The Morgan fingerprint density at radius 1 is 0.976 bits per heavy atom. The number of ketones is 1. The molecule has 0 bridgehead atoms. The van der Waals surface area contributed by atoms with Crippen molar-refractivity contribution in [3.8, 4) is 0 Å². The van der Waals surface area contributed by atoms with Gasteiger partial charge in [-0.25, -0.2) is 4.98 Å². The third-order valence-corrected chi connectivity index (χ3v) is 8.27. The van der Waals surface area contributed by atoms with Crippen molar-refractivity contribution in [3.05, 3.63) is 125 Å². The fourth-order valence-corrected chi connectivity index (χ4v) is 6.12. The van der Waals surface area contributed by atoms with Crippen molar-refractivity contribution < 1.29 is 14.7 Å². The zero-order valence-electron chi connectivity index (χ0n) is 23.3. The van der Waals surface area contributed by atoms with E-state index in [-0.39, 0.29) is 5.92 Å². The second-order valence-corrected chi connectivity index (χ2v) is 11.1. The third-order valence-electron chi connectivity index (χ3n) is 8.27. The van der Waals surface area contributed by atoms with E-state index < -0.39 is 23.3 Å². The van der Waals surface area contributed by atoms with Crippen molar-refractivity contribution in [2.24, 2.45) is 0 Å². The minimum absolute atomic E-state index is 0.238. The lowest BCUT2D eigenvalue weighted by Crippen LogP contribution is -2.43. The Kier molecular flexibility index (Phi) is 7.05. The fraction of sp³-hybridized carbons (Fsp3) is 0.265. The van der Waals surface area contributed by atoms with Crippen LogP contribution in [0, 0.1) is 13.8 Å². The number of carbonyl (C=O) groups excluding carboxylic acids is 2. The van der Waals surface area contributed by atoms with Crippen LogP contribution in [0.5, 0.6) is 0 Å². The second kappa shape index (κ2) is 10.8. The van der Waals surface area contributed by atoms with E-state index in [0.717, 1.165) is 28.3 Å². The van der Waals surface area contributed by atoms with Crippen LogP contribution in [0.2, 0.25) is 0 Å². The summed E-state index contributed by atoms with van der Waals surface area (Å²) in [7, 11) is 0. The van der Waals surface area contributed by atoms with E-state index in [1.165, 1.54) is 5.56 Å². The van der Waals surface area contributed by atoms with Crippen molar-refractivity contribution in [3.63, 3.8) is 0 Å². The summed E-state index contributed by atoms with van der Waals surface area (Å²) < 4.78 is 0. The molecule has 1 saturated heterocycles. The van der Waals surface area contributed by atoms with Crippen molar-refractivity contribution in [2.45, 2.75) is 44.2 Å². The Morgan fingerprint density at radius 3 is 2.41 bits per heavy atom. The number of aromatic nitrogens is 1. The van der Waals surface area contributed by atoms with E-state index in [1.807, 2.05) is 84.8 Å². The highest BCUT2D eigenvalue weighted by molar-refractivity contribution is 6.42. The lowest BCUT2D eigenvalue weighted by Gasteiger charge is -2.39. The highest BCUT2D eigenvalue weighted by atomic mass is 16.3. The van der Waals surface area contributed by atoms with E-state index in [1.54, 1.807) is 12.1 Å². The van der Waals surface area contributed by atoms with Gasteiger partial charge in [-0.2, -0.15) is 0 Å². The first-order chi connectivity index (χ1) is 19.8. The van der Waals surface area contributed by atoms with Gasteiger partial charge in [0.05, 0.1) is 5.60 Å². The van der Waals surface area contributed by atoms with Crippen molar-refractivity contribution in [1.82, 2.24) is 9.88 Å². The number of Topliss-reactive ketones (excluding diaryl/α,β-unsaturated/α-hetero) is 1. The van der Waals surface area contributed by atoms with Gasteiger partial charge < -0.3 is 20.2 Å². The Balaban J connectivity index is 1.12. The molecule has 208 valence electrons. The largest absolute Gasteiger partial charge is 0.385 e. The molecule has 0 radical (unpaired) electrons. The lowest BCUT2D eigenvalue weighted by atomic mass is 9.84. The van der Waals surface area contributed by atoms with Gasteiger partial charge >= 0.3 is 0 Å². The number of amides is 1. The van der Waals surface area contributed by atoms with Crippen LogP contribution >= 0.6 is 0 Å². The van der Waals surface area contributed by atoms with E-state index in [2.05, 4.69) is 34.3 Å². The van der Waals surface area contributed by atoms with Crippen LogP contribution < -0.4 is 10.2 Å². The van der Waals surface area contributed by atoms with Gasteiger partial charge in [-0.1, -0.05) is 54.6 Å². The fourth-order valence-electron chi connectivity index (χ4n) is 6.12. The molecule has 2 aromatic carbocycles. The first-order valence-corrected chi connectivity index (χ1v) is 14.1. The Hall–Kier alpha value is -4.49. The molecular formula is C34H34N4O3. The van der Waals surface area contributed by atoms with Crippen molar-refractivity contribution in [2.75, 3.05) is 23.3 Å². The number of rotatable bonds is 6. The summed E-state index contributed by atoms with van der Waals surface area (Å²) in [5.41, 5.74) is 4.41. The molecule has 6 rings (SSSR count). The van der Waals surface area contributed by atoms with Crippen LogP contribution in [0.1, 0.15) is 41.1 Å². The summed E-state index contributed by atoms with van der Waals surface area (Å²) in [5, 5.41) is 14.2. The summed E-state index contributed by atoms with van der Waals surface area (Å²) in [6, 6.07) is 20.5. The van der Waals surface area contributed by atoms with Crippen molar-refractivity contribution >= 4 is 23.2 Å². The summed E-state index contributed by atoms with van der Waals surface area (Å²) in [6.45, 7) is 5.45. The van der Waals surface area contributed by atoms with E-state index in [4.69, 9.17) is 0 Å². The molecule has 2 atom stereocenters. The predicted molar refractivity (Wildman–Crippen MR) is 160 cm³/mol. The van der Waals surface area contributed by atoms with E-state index in [0.29, 0.717) is 31.6 Å². The Morgan fingerprint density at radius 2 is 1.71 bits per heavy atom. The number of allylic oxidation sites excluding steroid dienone is 3. The molecule has 0 aliphatic carbocycles. The number of anilines is 2. The molecule has 1 amide bonds. The monoisotopic (exact) mass is 546 g/mol. The summed E-state index contributed by atoms with van der Waals surface area (Å²) in [6.07, 6.45) is 10.8. The third kappa shape index (κ3) is 5.33. The highest BCUT2D eigenvalue weighted by Crippen LogP contribution is 2.38. The number of nitrogens with zero attached hydrogens (tertiary/aromatic N) is 3. The lowest BCUT2D eigenvalue weighted by molar-refractivity contribution is -0.137. The predicted octanol–water partition coefficient (Wildman–Crippen LogP) is 5.13. The minimum Gasteiger partial charge on any atom is -0.385 e. The van der Waals surface area contributed by atoms with Gasteiger partial charge in [-0.3, -0.25) is 9.59 Å². The van der Waals surface area contributed by atoms with Gasteiger partial charge in [0.25, 0.3) is 5.91 Å². The maximum atomic E-state index is 13.5. The first-order valence-electron chi connectivity index (χ1n) is 14.1. The number of aliphatic hydroxyl groups is 1. The molecule has 1 fully saturated rings. The van der Waals surface area contributed by atoms with Gasteiger partial charge in [-0.05, 0) is 79.8 Å². The number of hydrogen-bond donors (Lipinski definition) is 2. The van der Waals surface area contributed by atoms with Crippen molar-refractivity contribution in [1.29, 1.82) is 0 Å². The molecule has 2 unspecified atom stereocenters. The van der Waals surface area contributed by atoms with Crippen LogP contribution in [0.15, 0.2) is 103 Å². The number of piperidine rings is 1. The van der Waals surface area contributed by atoms with Crippen LogP contribution in [-0.4, -0.2) is 45.8 Å². The highest BCUT2D eigenvalue weighted by Gasteiger charge is 2.42. The number of hydrogen-bond acceptors (Lipinski definition) is 6. The molecule has 0 spiro atoms. The maximum absolute atomic E-state index is 13.5. The molecule has 3 aliphatic rings. The van der Waals surface area contributed by atoms with Crippen LogP contribution in [0.25, 0.3) is 0 Å². The number of benzene rings is 2. The van der Waals surface area contributed by atoms with Gasteiger partial charge in [0.15, 0.2) is 0 Å². The molecule has 1 aromatic heterocycles. The quantitative estimate of drug-likeness (QED) is 0.417. The molecule has 3 aromatic rings. The molecule has 41 heavy (non-hydrogen) atoms. The topological polar surface area (TPSA) is 85.8 Å². The van der Waals surface area contributed by atoms with Crippen LogP contribution in [-0.2, 0) is 15.2 Å². The molecule has 7 heteroatoms. The molecule has 0 saturated carbocycles. The van der Waals surface area contributed by atoms with Gasteiger partial charge in [0, 0.05) is 42.3 Å². The normalized spacial score (nSPS) is 20.9. The minimum atomic E-state index is -0.962. The molecule has 3 aliphatic heterocycles. The summed E-state index contributed by atoms with van der Waals surface area (Å²) in [5.74, 6) is -0.449. The molecule has 7 nitrogen and oxygen atoms in total. The number of fused-ring (bicyclic) bond motifs is 1. The average molecular weight is 547 g/mol. The van der Waals surface area contributed by atoms with E-state index >= 15 is 0 Å². The average Bonchev–Trinajstić information content (AvgIpc) is 3.37. The summed E-state index contributed by atoms with van der Waals surface area (Å²) >= 11 is 0.